The molecule has 5 heteroatoms. The molecule has 66 valence electrons. The summed E-state index contributed by atoms with van der Waals surface area (Å²) in [6, 6.07) is 0.853. The van der Waals surface area contributed by atoms with Gasteiger partial charge in [-0.15, -0.1) is 0 Å². The second kappa shape index (κ2) is 3.23. The Labute approximate surface area is 72.2 Å². The smallest absolute Gasteiger partial charge is 0.278 e. The Bertz CT molecular complexity index is 348. The van der Waals surface area contributed by atoms with Crippen molar-refractivity contribution in [3.05, 3.63) is 32.7 Å². The minimum Gasteiger partial charge on any atom is -0.344 e. The first-order chi connectivity index (χ1) is 5.52. The number of aromatic amines is 1. The molecule has 1 rings (SSSR count). The molecule has 0 radical (unpaired) electrons. The van der Waals surface area contributed by atoms with Gasteiger partial charge >= 0.3 is 0 Å². The van der Waals surface area contributed by atoms with Crippen molar-refractivity contribution >= 4 is 11.6 Å². The fourth-order valence-corrected chi connectivity index (χ4v) is 0.934. The lowest BCUT2D eigenvalue weighted by Crippen LogP contribution is -2.08. The average Bonchev–Trinajstić information content (AvgIpc) is 1.99. The molecule has 0 unspecified atom stereocenters. The lowest BCUT2D eigenvalue weighted by atomic mass is 10.2. The molecule has 1 aromatic rings. The molecule has 0 aliphatic heterocycles. The largest absolute Gasteiger partial charge is 0.344 e. The Balaban J connectivity index is 3.31. The average molecular weight is 194 g/mol. The summed E-state index contributed by atoms with van der Waals surface area (Å²) >= 11 is 5.47. The third kappa shape index (κ3) is 1.64. The van der Waals surface area contributed by atoms with E-state index in [1.165, 1.54) is 6.92 Å². The molecule has 0 spiro atoms. The third-order valence-electron chi connectivity index (χ3n) is 1.47. The van der Waals surface area contributed by atoms with Crippen LogP contribution in [0, 0.1) is 6.92 Å². The summed E-state index contributed by atoms with van der Waals surface area (Å²) in [6.45, 7) is 1.47. The van der Waals surface area contributed by atoms with Crippen molar-refractivity contribution < 1.29 is 8.78 Å². The van der Waals surface area contributed by atoms with Crippen LogP contribution in [0.4, 0.5) is 8.78 Å². The Hall–Kier alpha value is -0.900. The Morgan fingerprint density at radius 1 is 1.58 bits per heavy atom. The molecule has 0 aromatic carbocycles. The van der Waals surface area contributed by atoms with Crippen molar-refractivity contribution in [1.29, 1.82) is 0 Å². The SMILES string of the molecule is Cc1c(Cl)[nH]c(C(F)F)cc1=O. The molecule has 0 aliphatic carbocycles. The topological polar surface area (TPSA) is 32.9 Å². The number of H-pyrrole nitrogens is 1. The summed E-state index contributed by atoms with van der Waals surface area (Å²) in [5.41, 5.74) is -0.675. The van der Waals surface area contributed by atoms with Gasteiger partial charge in [-0.2, -0.15) is 0 Å². The summed E-state index contributed by atoms with van der Waals surface area (Å²) < 4.78 is 24.1. The molecule has 1 N–H and O–H groups in total. The van der Waals surface area contributed by atoms with E-state index in [1.54, 1.807) is 0 Å². The van der Waals surface area contributed by atoms with Gasteiger partial charge in [-0.25, -0.2) is 8.78 Å². The second-order valence-electron chi connectivity index (χ2n) is 2.33. The number of halogens is 3. The van der Waals surface area contributed by atoms with Crippen molar-refractivity contribution in [1.82, 2.24) is 4.98 Å². The van der Waals surface area contributed by atoms with Crippen LogP contribution in [0.25, 0.3) is 0 Å². The number of pyridine rings is 1. The fraction of sp³-hybridized carbons (Fsp3) is 0.286. The number of alkyl halides is 2. The van der Waals surface area contributed by atoms with Gasteiger partial charge in [0.2, 0.25) is 0 Å². The van der Waals surface area contributed by atoms with Gasteiger partial charge in [-0.3, -0.25) is 4.79 Å². The number of hydrogen-bond donors (Lipinski definition) is 1. The van der Waals surface area contributed by atoms with Crippen LogP contribution in [0.2, 0.25) is 5.15 Å². The zero-order chi connectivity index (χ0) is 9.30. The Morgan fingerprint density at radius 3 is 2.58 bits per heavy atom. The van der Waals surface area contributed by atoms with Gasteiger partial charge < -0.3 is 4.98 Å². The molecule has 0 aliphatic rings. The molecule has 0 bridgehead atoms. The maximum Gasteiger partial charge on any atom is 0.278 e. The first kappa shape index (κ1) is 9.19. The molecule has 0 saturated heterocycles. The standard InChI is InChI=1S/C7H6ClF2NO/c1-3-5(12)2-4(7(9)10)11-6(3)8/h2,7H,1H3,(H,11,12). The summed E-state index contributed by atoms with van der Waals surface area (Å²) in [6.07, 6.45) is -2.70. The molecule has 12 heavy (non-hydrogen) atoms. The summed E-state index contributed by atoms with van der Waals surface area (Å²) in [5, 5.41) is -0.0298. The van der Waals surface area contributed by atoms with Crippen LogP contribution in [0.15, 0.2) is 10.9 Å². The summed E-state index contributed by atoms with van der Waals surface area (Å²) in [5.74, 6) is 0. The molecular formula is C7H6ClF2NO. The van der Waals surface area contributed by atoms with E-state index >= 15 is 0 Å². The van der Waals surface area contributed by atoms with Crippen molar-refractivity contribution in [2.75, 3.05) is 0 Å². The van der Waals surface area contributed by atoms with Crippen LogP contribution in [0.3, 0.4) is 0 Å². The highest BCUT2D eigenvalue weighted by Gasteiger charge is 2.10. The van der Waals surface area contributed by atoms with Crippen molar-refractivity contribution in [3.63, 3.8) is 0 Å². The maximum atomic E-state index is 12.0. The zero-order valence-electron chi connectivity index (χ0n) is 6.20. The molecule has 2 nitrogen and oxygen atoms in total. The number of nitrogens with one attached hydrogen (secondary N) is 1. The Morgan fingerprint density at radius 2 is 2.17 bits per heavy atom. The van der Waals surface area contributed by atoms with Crippen LogP contribution < -0.4 is 5.43 Å². The summed E-state index contributed by atoms with van der Waals surface area (Å²) in [4.78, 5) is 13.2. The molecule has 0 fully saturated rings. The highest BCUT2D eigenvalue weighted by atomic mass is 35.5. The minimum atomic E-state index is -2.70. The van der Waals surface area contributed by atoms with Crippen LogP contribution in [-0.2, 0) is 0 Å². The van der Waals surface area contributed by atoms with Gasteiger partial charge in [0.15, 0.2) is 5.43 Å². The number of rotatable bonds is 1. The second-order valence-corrected chi connectivity index (χ2v) is 2.71. The van der Waals surface area contributed by atoms with Crippen LogP contribution >= 0.6 is 11.6 Å². The first-order valence-corrected chi connectivity index (χ1v) is 3.57. The predicted molar refractivity (Wildman–Crippen MR) is 41.8 cm³/mol. The van der Waals surface area contributed by atoms with Crippen LogP contribution in [0.5, 0.6) is 0 Å². The zero-order valence-corrected chi connectivity index (χ0v) is 6.95. The first-order valence-electron chi connectivity index (χ1n) is 3.20. The quantitative estimate of drug-likeness (QED) is 0.682. The van der Waals surface area contributed by atoms with Gasteiger partial charge in [0.1, 0.15) is 5.15 Å². The summed E-state index contributed by atoms with van der Waals surface area (Å²) in [7, 11) is 0. The number of aromatic nitrogens is 1. The van der Waals surface area contributed by atoms with E-state index in [0.717, 1.165) is 6.07 Å². The van der Waals surface area contributed by atoms with E-state index in [9.17, 15) is 13.6 Å². The van der Waals surface area contributed by atoms with Gasteiger partial charge in [0, 0.05) is 11.6 Å². The van der Waals surface area contributed by atoms with Gasteiger partial charge in [0.25, 0.3) is 6.43 Å². The van der Waals surface area contributed by atoms with E-state index < -0.39 is 17.5 Å². The molecule has 1 aromatic heterocycles. The normalized spacial score (nSPS) is 10.8. The Kier molecular flexibility index (Phi) is 2.47. The van der Waals surface area contributed by atoms with Gasteiger partial charge in [0.05, 0.1) is 5.69 Å². The lowest BCUT2D eigenvalue weighted by Gasteiger charge is -2.01. The third-order valence-corrected chi connectivity index (χ3v) is 1.85. The predicted octanol–water partition coefficient (Wildman–Crippen LogP) is 2.27. The molecule has 1 heterocycles. The van der Waals surface area contributed by atoms with Gasteiger partial charge in [-0.1, -0.05) is 11.6 Å². The highest BCUT2D eigenvalue weighted by Crippen LogP contribution is 2.17. The number of hydrogen-bond acceptors (Lipinski definition) is 1. The van der Waals surface area contributed by atoms with Crippen LogP contribution in [0.1, 0.15) is 17.7 Å². The minimum absolute atomic E-state index is 0.0298. The van der Waals surface area contributed by atoms with E-state index in [0.29, 0.717) is 0 Å². The monoisotopic (exact) mass is 193 g/mol. The molecule has 0 atom stereocenters. The van der Waals surface area contributed by atoms with Crippen molar-refractivity contribution in [3.8, 4) is 0 Å². The maximum absolute atomic E-state index is 12.0. The fourth-order valence-electron chi connectivity index (χ4n) is 0.732. The lowest BCUT2D eigenvalue weighted by molar-refractivity contribution is 0.146. The van der Waals surface area contributed by atoms with Crippen LogP contribution in [-0.4, -0.2) is 4.98 Å². The molecular weight excluding hydrogens is 188 g/mol. The highest BCUT2D eigenvalue weighted by molar-refractivity contribution is 6.30. The van der Waals surface area contributed by atoms with Crippen molar-refractivity contribution in [2.45, 2.75) is 13.3 Å². The van der Waals surface area contributed by atoms with E-state index in [2.05, 4.69) is 4.98 Å². The van der Waals surface area contributed by atoms with E-state index in [4.69, 9.17) is 11.6 Å². The molecule has 0 amide bonds. The molecule has 0 saturated carbocycles. The van der Waals surface area contributed by atoms with Gasteiger partial charge in [-0.05, 0) is 6.92 Å². The van der Waals surface area contributed by atoms with Crippen molar-refractivity contribution in [2.24, 2.45) is 0 Å². The van der Waals surface area contributed by atoms with E-state index in [1.807, 2.05) is 0 Å². The van der Waals surface area contributed by atoms with E-state index in [-0.39, 0.29) is 10.7 Å².